The molecule has 2 aromatic carbocycles. The Labute approximate surface area is 208 Å². The van der Waals surface area contributed by atoms with E-state index in [0.29, 0.717) is 12.1 Å². The summed E-state index contributed by atoms with van der Waals surface area (Å²) in [5.74, 6) is 0.329. The van der Waals surface area contributed by atoms with Crippen LogP contribution in [0.1, 0.15) is 34.5 Å². The normalized spacial score (nSPS) is 15.9. The summed E-state index contributed by atoms with van der Waals surface area (Å²) in [5, 5.41) is 2.98. The van der Waals surface area contributed by atoms with Gasteiger partial charge in [0.1, 0.15) is 5.65 Å². The van der Waals surface area contributed by atoms with Crippen LogP contribution in [0.15, 0.2) is 84.0 Å². The molecule has 3 heterocycles. The molecule has 0 radical (unpaired) electrons. The van der Waals surface area contributed by atoms with Gasteiger partial charge in [0.15, 0.2) is 0 Å². The number of pyridine rings is 1. The second kappa shape index (κ2) is 10.3. The minimum atomic E-state index is -0.271. The number of rotatable bonds is 8. The number of likely N-dealkylation sites (tertiary alicyclic amines) is 1. The Morgan fingerprint density at radius 1 is 1.09 bits per heavy atom. The fourth-order valence-electron chi connectivity index (χ4n) is 4.44. The molecule has 1 saturated heterocycles. The van der Waals surface area contributed by atoms with Gasteiger partial charge in [-0.1, -0.05) is 18.2 Å². The van der Waals surface area contributed by atoms with Crippen LogP contribution in [0.4, 0.5) is 5.69 Å². The first-order valence-corrected chi connectivity index (χ1v) is 12.6. The van der Waals surface area contributed by atoms with Crippen LogP contribution < -0.4 is 11.1 Å². The number of primary amides is 1. The monoisotopic (exact) mass is 485 g/mol. The fourth-order valence-corrected chi connectivity index (χ4v) is 5.22. The number of anilines is 1. The molecule has 3 N–H and O–H groups in total. The smallest absolute Gasteiger partial charge is 0.255 e. The molecule has 1 atom stereocenters. The highest BCUT2D eigenvalue weighted by atomic mass is 32.2. The minimum Gasteiger partial charge on any atom is -0.368 e. The van der Waals surface area contributed by atoms with Crippen LogP contribution in [-0.2, 0) is 17.1 Å². The maximum atomic E-state index is 12.8. The number of hydrogen-bond acceptors (Lipinski definition) is 5. The Hall–Kier alpha value is -3.62. The summed E-state index contributed by atoms with van der Waals surface area (Å²) >= 11 is 1.69. The molecule has 0 saturated carbocycles. The van der Waals surface area contributed by atoms with Crippen molar-refractivity contribution in [2.24, 2.45) is 5.73 Å². The molecule has 7 nitrogen and oxygen atoms in total. The summed E-state index contributed by atoms with van der Waals surface area (Å²) in [6, 6.07) is 21.1. The van der Waals surface area contributed by atoms with Crippen LogP contribution in [-0.4, -0.2) is 38.7 Å². The first-order chi connectivity index (χ1) is 17.0. The third-order valence-corrected chi connectivity index (χ3v) is 7.23. The molecule has 4 aromatic rings. The van der Waals surface area contributed by atoms with E-state index < -0.39 is 0 Å². The number of benzene rings is 2. The standard InChI is InChI=1S/C27H27N5O2S/c28-26(33)24-7-4-14-31(24)16-19-5-3-6-21(15-19)30-27(34)20-9-11-23(12-10-20)35-18-22-17-32-13-2-1-8-25(32)29-22/h1-3,5-6,8-13,15,17,24H,4,7,14,16,18H2,(H2,28,33)(H,30,34). The van der Waals surface area contributed by atoms with Crippen molar-refractivity contribution in [2.45, 2.75) is 36.1 Å². The number of imidazole rings is 1. The number of hydrogen-bond donors (Lipinski definition) is 2. The molecule has 35 heavy (non-hydrogen) atoms. The van der Waals surface area contributed by atoms with E-state index >= 15 is 0 Å². The number of nitrogens with one attached hydrogen (secondary N) is 1. The quantitative estimate of drug-likeness (QED) is 0.363. The summed E-state index contributed by atoms with van der Waals surface area (Å²) in [7, 11) is 0. The van der Waals surface area contributed by atoms with Gasteiger partial charge in [0, 0.05) is 40.8 Å². The number of nitrogens with zero attached hydrogens (tertiary/aromatic N) is 3. The fraction of sp³-hybridized carbons (Fsp3) is 0.222. The van der Waals surface area contributed by atoms with Crippen molar-refractivity contribution in [3.63, 3.8) is 0 Å². The molecule has 2 aromatic heterocycles. The second-order valence-corrected chi connectivity index (χ2v) is 9.75. The Kier molecular flexibility index (Phi) is 6.83. The van der Waals surface area contributed by atoms with Gasteiger partial charge in [0.05, 0.1) is 11.7 Å². The highest BCUT2D eigenvalue weighted by molar-refractivity contribution is 7.98. The van der Waals surface area contributed by atoms with Crippen molar-refractivity contribution in [3.8, 4) is 0 Å². The van der Waals surface area contributed by atoms with Gasteiger partial charge in [-0.25, -0.2) is 4.98 Å². The van der Waals surface area contributed by atoms with Crippen molar-refractivity contribution in [1.29, 1.82) is 0 Å². The molecule has 0 aliphatic carbocycles. The van der Waals surface area contributed by atoms with Crippen LogP contribution in [0, 0.1) is 0 Å². The number of carbonyl (C=O) groups excluding carboxylic acids is 2. The zero-order chi connectivity index (χ0) is 24.2. The molecule has 1 aliphatic rings. The van der Waals surface area contributed by atoms with Crippen LogP contribution >= 0.6 is 11.8 Å². The van der Waals surface area contributed by atoms with Gasteiger partial charge < -0.3 is 15.5 Å². The predicted octanol–water partition coefficient (Wildman–Crippen LogP) is 4.33. The lowest BCUT2D eigenvalue weighted by Gasteiger charge is -2.22. The number of fused-ring (bicyclic) bond motifs is 1. The Morgan fingerprint density at radius 3 is 2.74 bits per heavy atom. The zero-order valence-corrected chi connectivity index (χ0v) is 20.1. The largest absolute Gasteiger partial charge is 0.368 e. The van der Waals surface area contributed by atoms with E-state index in [1.54, 1.807) is 11.8 Å². The average molecular weight is 486 g/mol. The van der Waals surface area contributed by atoms with E-state index in [-0.39, 0.29) is 17.9 Å². The van der Waals surface area contributed by atoms with Gasteiger partial charge in [-0.3, -0.25) is 14.5 Å². The lowest BCUT2D eigenvalue weighted by Crippen LogP contribution is -2.39. The molecule has 1 unspecified atom stereocenters. The third-order valence-electron chi connectivity index (χ3n) is 6.18. The van der Waals surface area contributed by atoms with Crippen molar-refractivity contribution < 1.29 is 9.59 Å². The molecule has 2 amide bonds. The van der Waals surface area contributed by atoms with E-state index in [2.05, 4.69) is 15.2 Å². The molecule has 178 valence electrons. The third kappa shape index (κ3) is 5.55. The summed E-state index contributed by atoms with van der Waals surface area (Å²) in [4.78, 5) is 32.3. The van der Waals surface area contributed by atoms with Gasteiger partial charge in [0.2, 0.25) is 5.91 Å². The molecule has 0 spiro atoms. The van der Waals surface area contributed by atoms with Crippen molar-refractivity contribution in [2.75, 3.05) is 11.9 Å². The second-order valence-electron chi connectivity index (χ2n) is 8.70. The van der Waals surface area contributed by atoms with Gasteiger partial charge in [-0.2, -0.15) is 0 Å². The predicted molar refractivity (Wildman–Crippen MR) is 138 cm³/mol. The summed E-state index contributed by atoms with van der Waals surface area (Å²) < 4.78 is 2.01. The highest BCUT2D eigenvalue weighted by Gasteiger charge is 2.28. The van der Waals surface area contributed by atoms with Crippen molar-refractivity contribution >= 4 is 34.9 Å². The highest BCUT2D eigenvalue weighted by Crippen LogP contribution is 2.24. The Balaban J connectivity index is 1.17. The molecule has 0 bridgehead atoms. The van der Waals surface area contributed by atoms with Crippen LogP contribution in [0.5, 0.6) is 0 Å². The summed E-state index contributed by atoms with van der Waals surface area (Å²) in [6.07, 6.45) is 5.80. The lowest BCUT2D eigenvalue weighted by atomic mass is 10.1. The Bertz CT molecular complexity index is 1320. The minimum absolute atomic E-state index is 0.157. The summed E-state index contributed by atoms with van der Waals surface area (Å²) in [6.45, 7) is 1.49. The van der Waals surface area contributed by atoms with E-state index in [9.17, 15) is 9.59 Å². The summed E-state index contributed by atoms with van der Waals surface area (Å²) in [5.41, 5.74) is 9.85. The first kappa shape index (κ1) is 23.1. The molecular formula is C27H27N5O2S. The van der Waals surface area contributed by atoms with Gasteiger partial charge in [-0.15, -0.1) is 11.8 Å². The van der Waals surface area contributed by atoms with Crippen molar-refractivity contribution in [1.82, 2.24) is 14.3 Å². The van der Waals surface area contributed by atoms with Crippen LogP contribution in [0.25, 0.3) is 5.65 Å². The average Bonchev–Trinajstić information content (AvgIpc) is 3.50. The number of amides is 2. The topological polar surface area (TPSA) is 92.7 Å². The van der Waals surface area contributed by atoms with E-state index in [1.807, 2.05) is 83.5 Å². The molecule has 1 fully saturated rings. The molecule has 1 aliphatic heterocycles. The number of thioether (sulfide) groups is 1. The maximum absolute atomic E-state index is 12.8. The molecule has 5 rings (SSSR count). The van der Waals surface area contributed by atoms with Gasteiger partial charge in [-0.05, 0) is 73.5 Å². The number of aromatic nitrogens is 2. The van der Waals surface area contributed by atoms with E-state index in [4.69, 9.17) is 5.73 Å². The first-order valence-electron chi connectivity index (χ1n) is 11.6. The van der Waals surface area contributed by atoms with Crippen LogP contribution in [0.3, 0.4) is 0 Å². The maximum Gasteiger partial charge on any atom is 0.255 e. The van der Waals surface area contributed by atoms with Gasteiger partial charge in [0.25, 0.3) is 5.91 Å². The van der Waals surface area contributed by atoms with Crippen LogP contribution in [0.2, 0.25) is 0 Å². The SMILES string of the molecule is NC(=O)C1CCCN1Cc1cccc(NC(=O)c2ccc(SCc3cn4ccccc4n3)cc2)c1. The number of carbonyl (C=O) groups is 2. The zero-order valence-electron chi connectivity index (χ0n) is 19.3. The molecular weight excluding hydrogens is 458 g/mol. The van der Waals surface area contributed by atoms with E-state index in [1.165, 1.54) is 0 Å². The number of nitrogens with two attached hydrogens (primary N) is 1. The molecule has 8 heteroatoms. The Morgan fingerprint density at radius 2 is 1.94 bits per heavy atom. The van der Waals surface area contributed by atoms with Gasteiger partial charge >= 0.3 is 0 Å². The van der Waals surface area contributed by atoms with Crippen molar-refractivity contribution in [3.05, 3.63) is 95.9 Å². The van der Waals surface area contributed by atoms with E-state index in [0.717, 1.165) is 52.6 Å². The lowest BCUT2D eigenvalue weighted by molar-refractivity contribution is -0.122.